The number of ether oxygens (including phenoxy) is 1. The van der Waals surface area contributed by atoms with E-state index in [9.17, 15) is 18.0 Å². The van der Waals surface area contributed by atoms with Crippen molar-refractivity contribution in [3.63, 3.8) is 0 Å². The molecule has 0 saturated heterocycles. The molecule has 8 nitrogen and oxygen atoms in total. The molecule has 0 heterocycles. The molecule has 2 aromatic carbocycles. The minimum Gasteiger partial charge on any atom is -0.497 e. The van der Waals surface area contributed by atoms with E-state index in [2.05, 4.69) is 5.32 Å². The highest BCUT2D eigenvalue weighted by Gasteiger charge is 2.29. The van der Waals surface area contributed by atoms with Gasteiger partial charge in [-0.05, 0) is 61.6 Å². The minimum absolute atomic E-state index is 0.0765. The lowest BCUT2D eigenvalue weighted by molar-refractivity contribution is -0.141. The van der Waals surface area contributed by atoms with Crippen molar-refractivity contribution in [1.29, 1.82) is 0 Å². The SMILES string of the molecule is CCCNC(=O)[C@H](CC)N(Cc1cccc(OC)c1)C(=O)CCCN(c1cccc(Cl)c1C)S(C)(=O)=O. The van der Waals surface area contributed by atoms with Gasteiger partial charge in [-0.25, -0.2) is 8.42 Å². The van der Waals surface area contributed by atoms with Crippen LogP contribution in [0.1, 0.15) is 50.7 Å². The molecule has 0 bridgehead atoms. The van der Waals surface area contributed by atoms with Crippen molar-refractivity contribution in [1.82, 2.24) is 10.2 Å². The number of hydrogen-bond donors (Lipinski definition) is 1. The maximum Gasteiger partial charge on any atom is 0.242 e. The molecule has 2 aromatic rings. The van der Waals surface area contributed by atoms with Gasteiger partial charge in [-0.3, -0.25) is 13.9 Å². The normalized spacial score (nSPS) is 12.1. The predicted molar refractivity (Wildman–Crippen MR) is 149 cm³/mol. The monoisotopic (exact) mass is 551 g/mol. The van der Waals surface area contributed by atoms with Crippen molar-refractivity contribution < 1.29 is 22.7 Å². The second kappa shape index (κ2) is 14.2. The fourth-order valence-electron chi connectivity index (χ4n) is 4.10. The molecule has 1 atom stereocenters. The van der Waals surface area contributed by atoms with Crippen LogP contribution in [-0.2, 0) is 26.2 Å². The first-order valence-corrected chi connectivity index (χ1v) is 14.7. The molecule has 0 aromatic heterocycles. The largest absolute Gasteiger partial charge is 0.497 e. The van der Waals surface area contributed by atoms with Crippen LogP contribution >= 0.6 is 11.6 Å². The average molecular weight is 552 g/mol. The summed E-state index contributed by atoms with van der Waals surface area (Å²) in [6, 6.07) is 11.8. The van der Waals surface area contributed by atoms with E-state index < -0.39 is 16.1 Å². The maximum absolute atomic E-state index is 13.5. The Morgan fingerprint density at radius 3 is 2.46 bits per heavy atom. The number of amides is 2. The zero-order chi connectivity index (χ0) is 27.6. The highest BCUT2D eigenvalue weighted by Crippen LogP contribution is 2.28. The number of carbonyl (C=O) groups excluding carboxylic acids is 2. The first kappa shape index (κ1) is 30.4. The molecular formula is C27H38ClN3O5S. The fraction of sp³-hybridized carbons (Fsp3) is 0.481. The first-order valence-electron chi connectivity index (χ1n) is 12.5. The summed E-state index contributed by atoms with van der Waals surface area (Å²) < 4.78 is 31.7. The number of anilines is 1. The van der Waals surface area contributed by atoms with Crippen LogP contribution in [0.2, 0.25) is 5.02 Å². The molecule has 2 rings (SSSR count). The van der Waals surface area contributed by atoms with E-state index in [-0.39, 0.29) is 37.7 Å². The fourth-order valence-corrected chi connectivity index (χ4v) is 5.29. The van der Waals surface area contributed by atoms with Crippen LogP contribution in [0, 0.1) is 6.92 Å². The van der Waals surface area contributed by atoms with Crippen molar-refractivity contribution in [3.8, 4) is 5.75 Å². The Hall–Kier alpha value is -2.78. The highest BCUT2D eigenvalue weighted by molar-refractivity contribution is 7.92. The van der Waals surface area contributed by atoms with E-state index in [1.54, 1.807) is 37.1 Å². The van der Waals surface area contributed by atoms with Gasteiger partial charge in [0.1, 0.15) is 11.8 Å². The predicted octanol–water partition coefficient (Wildman–Crippen LogP) is 4.54. The van der Waals surface area contributed by atoms with Crippen molar-refractivity contribution in [2.24, 2.45) is 0 Å². The summed E-state index contributed by atoms with van der Waals surface area (Å²) in [4.78, 5) is 28.0. The van der Waals surface area contributed by atoms with Crippen molar-refractivity contribution >= 4 is 39.1 Å². The second-order valence-electron chi connectivity index (χ2n) is 8.91. The minimum atomic E-state index is -3.60. The summed E-state index contributed by atoms with van der Waals surface area (Å²) in [7, 11) is -2.03. The molecule has 204 valence electrons. The number of sulfonamides is 1. The number of hydrogen-bond acceptors (Lipinski definition) is 5. The Morgan fingerprint density at radius 2 is 1.84 bits per heavy atom. The summed E-state index contributed by atoms with van der Waals surface area (Å²) in [5.74, 6) is 0.236. The molecule has 0 aliphatic heterocycles. The lowest BCUT2D eigenvalue weighted by Gasteiger charge is -2.31. The number of nitrogens with one attached hydrogen (secondary N) is 1. The number of carbonyl (C=O) groups is 2. The van der Waals surface area contributed by atoms with E-state index >= 15 is 0 Å². The third-order valence-electron chi connectivity index (χ3n) is 6.08. The molecule has 0 aliphatic rings. The molecule has 0 fully saturated rings. The number of methoxy groups -OCH3 is 1. The van der Waals surface area contributed by atoms with Gasteiger partial charge in [-0.15, -0.1) is 0 Å². The number of halogens is 1. The summed E-state index contributed by atoms with van der Waals surface area (Å²) in [5, 5.41) is 3.36. The van der Waals surface area contributed by atoms with Gasteiger partial charge in [0.05, 0.1) is 19.1 Å². The smallest absolute Gasteiger partial charge is 0.242 e. The summed E-state index contributed by atoms with van der Waals surface area (Å²) in [5.41, 5.74) is 1.97. The molecule has 1 N–H and O–H groups in total. The van der Waals surface area contributed by atoms with Crippen molar-refractivity contribution in [2.45, 2.75) is 59.0 Å². The molecule has 0 radical (unpaired) electrons. The zero-order valence-electron chi connectivity index (χ0n) is 22.3. The summed E-state index contributed by atoms with van der Waals surface area (Å²) >= 11 is 6.22. The molecule has 37 heavy (non-hydrogen) atoms. The molecule has 0 unspecified atom stereocenters. The van der Waals surface area contributed by atoms with Crippen LogP contribution in [0.3, 0.4) is 0 Å². The van der Waals surface area contributed by atoms with Gasteiger partial charge in [-0.2, -0.15) is 0 Å². The van der Waals surface area contributed by atoms with Gasteiger partial charge in [0.2, 0.25) is 21.8 Å². The van der Waals surface area contributed by atoms with Gasteiger partial charge in [0, 0.05) is 31.1 Å². The maximum atomic E-state index is 13.5. The zero-order valence-corrected chi connectivity index (χ0v) is 23.9. The Balaban J connectivity index is 2.26. The summed E-state index contributed by atoms with van der Waals surface area (Å²) in [6.07, 6.45) is 2.72. The van der Waals surface area contributed by atoms with E-state index in [0.717, 1.165) is 18.2 Å². The quantitative estimate of drug-likeness (QED) is 0.372. The number of benzene rings is 2. The molecule has 0 saturated carbocycles. The molecule has 0 aliphatic carbocycles. The second-order valence-corrected chi connectivity index (χ2v) is 11.2. The van der Waals surface area contributed by atoms with Gasteiger partial charge in [-0.1, -0.05) is 43.6 Å². The average Bonchev–Trinajstić information content (AvgIpc) is 2.86. The Labute approximate surface area is 226 Å². The Morgan fingerprint density at radius 1 is 1.14 bits per heavy atom. The Kier molecular flexibility index (Phi) is 11.7. The summed E-state index contributed by atoms with van der Waals surface area (Å²) in [6.45, 7) is 6.47. The standard InChI is InChI=1S/C27H38ClN3O5S/c1-6-16-29-27(33)24(7-2)30(19-21-11-8-12-22(18-21)36-4)26(32)15-10-17-31(37(5,34)35)25-14-9-13-23(28)20(25)3/h8-9,11-14,18,24H,6-7,10,15-17,19H2,1-5H3,(H,29,33)/t24-/m0/s1. The van der Waals surface area contributed by atoms with Crippen LogP contribution in [-0.4, -0.2) is 57.6 Å². The third kappa shape index (κ3) is 8.64. The van der Waals surface area contributed by atoms with Crippen molar-refractivity contribution in [2.75, 3.05) is 30.8 Å². The number of nitrogens with zero attached hydrogens (tertiary/aromatic N) is 2. The third-order valence-corrected chi connectivity index (χ3v) is 7.67. The van der Waals surface area contributed by atoms with E-state index in [0.29, 0.717) is 35.0 Å². The highest BCUT2D eigenvalue weighted by atomic mass is 35.5. The molecule has 10 heteroatoms. The van der Waals surface area contributed by atoms with Gasteiger partial charge < -0.3 is 15.0 Å². The topological polar surface area (TPSA) is 96.0 Å². The Bertz CT molecular complexity index is 1170. The van der Waals surface area contributed by atoms with Crippen LogP contribution in [0.15, 0.2) is 42.5 Å². The lowest BCUT2D eigenvalue weighted by Crippen LogP contribution is -2.49. The van der Waals surface area contributed by atoms with Gasteiger partial charge in [0.15, 0.2) is 0 Å². The number of rotatable bonds is 14. The van der Waals surface area contributed by atoms with Gasteiger partial charge >= 0.3 is 0 Å². The van der Waals surface area contributed by atoms with Gasteiger partial charge in [0.25, 0.3) is 0 Å². The van der Waals surface area contributed by atoms with E-state index in [1.807, 2.05) is 38.1 Å². The molecular weight excluding hydrogens is 514 g/mol. The van der Waals surface area contributed by atoms with E-state index in [1.165, 1.54) is 4.31 Å². The first-order chi connectivity index (χ1) is 17.5. The van der Waals surface area contributed by atoms with Crippen molar-refractivity contribution in [3.05, 3.63) is 58.6 Å². The molecule has 0 spiro atoms. The lowest BCUT2D eigenvalue weighted by atomic mass is 10.1. The van der Waals surface area contributed by atoms with Crippen LogP contribution in [0.25, 0.3) is 0 Å². The molecule has 2 amide bonds. The van der Waals surface area contributed by atoms with Crippen LogP contribution in [0.4, 0.5) is 5.69 Å². The van der Waals surface area contributed by atoms with E-state index in [4.69, 9.17) is 16.3 Å². The van der Waals surface area contributed by atoms with Crippen LogP contribution < -0.4 is 14.4 Å². The van der Waals surface area contributed by atoms with Crippen LogP contribution in [0.5, 0.6) is 5.75 Å².